The van der Waals surface area contributed by atoms with Gasteiger partial charge in [-0.2, -0.15) is 5.10 Å². The Labute approximate surface area is 90.3 Å². The number of aromatic nitrogens is 4. The Kier molecular flexibility index (Phi) is 1.76. The van der Waals surface area contributed by atoms with E-state index < -0.39 is 0 Å². The number of hydrogen-bond acceptors (Lipinski definition) is 2. The Bertz CT molecular complexity index is 597. The number of aromatic amines is 2. The molecular weight excluding hydrogens is 212 g/mol. The van der Waals surface area contributed by atoms with Gasteiger partial charge in [-0.15, -0.1) is 0 Å². The SMILES string of the molecule is Clc1ccc2c(-c3ncc[nH]3)n[nH]c2c1. The molecule has 2 aromatic heterocycles. The molecule has 3 rings (SSSR count). The Morgan fingerprint density at radius 2 is 2.20 bits per heavy atom. The lowest BCUT2D eigenvalue weighted by Gasteiger charge is -1.92. The molecule has 0 unspecified atom stereocenters. The fourth-order valence-electron chi connectivity index (χ4n) is 1.57. The maximum Gasteiger partial charge on any atom is 0.158 e. The smallest absolute Gasteiger partial charge is 0.158 e. The van der Waals surface area contributed by atoms with E-state index in [1.54, 1.807) is 12.4 Å². The number of halogens is 1. The zero-order valence-electron chi connectivity index (χ0n) is 7.66. The van der Waals surface area contributed by atoms with Crippen LogP contribution in [0.1, 0.15) is 0 Å². The first kappa shape index (κ1) is 8.49. The predicted octanol–water partition coefficient (Wildman–Crippen LogP) is 2.61. The highest BCUT2D eigenvalue weighted by atomic mass is 35.5. The van der Waals surface area contributed by atoms with E-state index in [1.807, 2.05) is 18.2 Å². The molecule has 0 aliphatic heterocycles. The number of hydrogen-bond donors (Lipinski definition) is 2. The minimum Gasteiger partial charge on any atom is -0.343 e. The van der Waals surface area contributed by atoms with Crippen LogP contribution in [0.3, 0.4) is 0 Å². The molecule has 2 N–H and O–H groups in total. The van der Waals surface area contributed by atoms with Gasteiger partial charge in [-0.1, -0.05) is 11.6 Å². The number of rotatable bonds is 1. The molecule has 0 fully saturated rings. The van der Waals surface area contributed by atoms with Crippen LogP contribution in [0.15, 0.2) is 30.6 Å². The van der Waals surface area contributed by atoms with E-state index in [0.717, 1.165) is 22.4 Å². The lowest BCUT2D eigenvalue weighted by atomic mass is 10.2. The number of imidazole rings is 1. The molecule has 5 heteroatoms. The van der Waals surface area contributed by atoms with E-state index in [-0.39, 0.29) is 0 Å². The van der Waals surface area contributed by atoms with E-state index >= 15 is 0 Å². The van der Waals surface area contributed by atoms with Crippen molar-refractivity contribution in [1.29, 1.82) is 0 Å². The van der Waals surface area contributed by atoms with Crippen molar-refractivity contribution in [3.63, 3.8) is 0 Å². The standard InChI is InChI=1S/C10H7ClN4/c11-6-1-2-7-8(5-6)14-15-9(7)10-12-3-4-13-10/h1-5H,(H,12,13)(H,14,15). The first-order valence-electron chi connectivity index (χ1n) is 4.48. The molecule has 0 radical (unpaired) electrons. The van der Waals surface area contributed by atoms with Gasteiger partial charge in [-0.25, -0.2) is 4.98 Å². The van der Waals surface area contributed by atoms with Gasteiger partial charge < -0.3 is 4.98 Å². The van der Waals surface area contributed by atoms with Crippen molar-refractivity contribution >= 4 is 22.5 Å². The van der Waals surface area contributed by atoms with Crippen molar-refractivity contribution in [3.05, 3.63) is 35.6 Å². The largest absolute Gasteiger partial charge is 0.343 e. The summed E-state index contributed by atoms with van der Waals surface area (Å²) in [5.41, 5.74) is 1.72. The first-order valence-corrected chi connectivity index (χ1v) is 4.86. The fourth-order valence-corrected chi connectivity index (χ4v) is 1.74. The van der Waals surface area contributed by atoms with Gasteiger partial charge in [0.25, 0.3) is 0 Å². The van der Waals surface area contributed by atoms with Gasteiger partial charge in [0.05, 0.1) is 5.52 Å². The number of H-pyrrole nitrogens is 2. The molecule has 74 valence electrons. The van der Waals surface area contributed by atoms with E-state index in [2.05, 4.69) is 20.2 Å². The summed E-state index contributed by atoms with van der Waals surface area (Å²) in [7, 11) is 0. The molecule has 0 aliphatic rings. The number of fused-ring (bicyclic) bond motifs is 1. The van der Waals surface area contributed by atoms with Crippen molar-refractivity contribution in [2.24, 2.45) is 0 Å². The molecule has 15 heavy (non-hydrogen) atoms. The maximum absolute atomic E-state index is 5.88. The molecule has 0 spiro atoms. The molecule has 0 saturated heterocycles. The second kappa shape index (κ2) is 3.10. The van der Waals surface area contributed by atoms with Crippen molar-refractivity contribution in [3.8, 4) is 11.5 Å². The Hall–Kier alpha value is -1.81. The van der Waals surface area contributed by atoms with Crippen LogP contribution in [0.2, 0.25) is 5.02 Å². The lowest BCUT2D eigenvalue weighted by Crippen LogP contribution is -1.80. The highest BCUT2D eigenvalue weighted by molar-refractivity contribution is 6.31. The van der Waals surface area contributed by atoms with Crippen LogP contribution in [0.4, 0.5) is 0 Å². The molecule has 3 aromatic rings. The van der Waals surface area contributed by atoms with E-state index in [0.29, 0.717) is 5.02 Å². The molecule has 0 amide bonds. The summed E-state index contributed by atoms with van der Waals surface area (Å²) in [6, 6.07) is 5.61. The van der Waals surface area contributed by atoms with Crippen molar-refractivity contribution in [1.82, 2.24) is 20.2 Å². The minimum absolute atomic E-state index is 0.692. The highest BCUT2D eigenvalue weighted by Crippen LogP contribution is 2.25. The lowest BCUT2D eigenvalue weighted by molar-refractivity contribution is 1.10. The highest BCUT2D eigenvalue weighted by Gasteiger charge is 2.09. The van der Waals surface area contributed by atoms with Gasteiger partial charge in [0.15, 0.2) is 5.82 Å². The van der Waals surface area contributed by atoms with Gasteiger partial charge in [-0.3, -0.25) is 5.10 Å². The van der Waals surface area contributed by atoms with Crippen molar-refractivity contribution in [2.45, 2.75) is 0 Å². The summed E-state index contributed by atoms with van der Waals surface area (Å²) in [5.74, 6) is 0.753. The van der Waals surface area contributed by atoms with E-state index in [9.17, 15) is 0 Å². The third-order valence-electron chi connectivity index (χ3n) is 2.25. The van der Waals surface area contributed by atoms with Crippen LogP contribution in [-0.4, -0.2) is 20.2 Å². The van der Waals surface area contributed by atoms with Crippen LogP contribution in [0.5, 0.6) is 0 Å². The normalized spacial score (nSPS) is 11.0. The second-order valence-electron chi connectivity index (χ2n) is 3.20. The zero-order valence-corrected chi connectivity index (χ0v) is 8.42. The summed E-state index contributed by atoms with van der Waals surface area (Å²) in [4.78, 5) is 7.18. The summed E-state index contributed by atoms with van der Waals surface area (Å²) >= 11 is 5.88. The van der Waals surface area contributed by atoms with Crippen LogP contribution in [0.25, 0.3) is 22.4 Å². The molecular formula is C10H7ClN4. The van der Waals surface area contributed by atoms with Crippen LogP contribution in [0, 0.1) is 0 Å². The monoisotopic (exact) mass is 218 g/mol. The third-order valence-corrected chi connectivity index (χ3v) is 2.48. The van der Waals surface area contributed by atoms with E-state index in [1.165, 1.54) is 0 Å². The average molecular weight is 219 g/mol. The summed E-state index contributed by atoms with van der Waals surface area (Å²) < 4.78 is 0. The van der Waals surface area contributed by atoms with Crippen molar-refractivity contribution < 1.29 is 0 Å². The molecule has 0 atom stereocenters. The average Bonchev–Trinajstić information content (AvgIpc) is 2.82. The van der Waals surface area contributed by atoms with Crippen LogP contribution < -0.4 is 0 Å². The quantitative estimate of drug-likeness (QED) is 0.660. The molecule has 4 nitrogen and oxygen atoms in total. The zero-order chi connectivity index (χ0) is 10.3. The molecule has 1 aromatic carbocycles. The topological polar surface area (TPSA) is 57.4 Å². The summed E-state index contributed by atoms with van der Waals surface area (Å²) in [6.07, 6.45) is 3.47. The maximum atomic E-state index is 5.88. The van der Waals surface area contributed by atoms with Crippen molar-refractivity contribution in [2.75, 3.05) is 0 Å². The van der Waals surface area contributed by atoms with Crippen LogP contribution in [-0.2, 0) is 0 Å². The summed E-state index contributed by atoms with van der Waals surface area (Å²) in [5, 5.41) is 8.82. The molecule has 0 saturated carbocycles. The van der Waals surface area contributed by atoms with Gasteiger partial charge in [-0.05, 0) is 18.2 Å². The minimum atomic E-state index is 0.692. The number of nitrogens with zero attached hydrogens (tertiary/aromatic N) is 2. The molecule has 0 bridgehead atoms. The Balaban J connectivity index is 2.29. The number of benzene rings is 1. The van der Waals surface area contributed by atoms with Gasteiger partial charge in [0, 0.05) is 22.8 Å². The first-order chi connectivity index (χ1) is 7.34. The summed E-state index contributed by atoms with van der Waals surface area (Å²) in [6.45, 7) is 0. The molecule has 2 heterocycles. The predicted molar refractivity (Wildman–Crippen MR) is 58.7 cm³/mol. The molecule has 0 aliphatic carbocycles. The second-order valence-corrected chi connectivity index (χ2v) is 3.64. The number of nitrogens with one attached hydrogen (secondary N) is 2. The van der Waals surface area contributed by atoms with E-state index in [4.69, 9.17) is 11.6 Å². The fraction of sp³-hybridized carbons (Fsp3) is 0. The van der Waals surface area contributed by atoms with Crippen LogP contribution >= 0.6 is 11.6 Å². The Morgan fingerprint density at radius 1 is 1.27 bits per heavy atom. The Morgan fingerprint density at radius 3 is 3.00 bits per heavy atom. The van der Waals surface area contributed by atoms with Gasteiger partial charge >= 0.3 is 0 Å². The van der Waals surface area contributed by atoms with Gasteiger partial charge in [0.1, 0.15) is 5.69 Å². The third kappa shape index (κ3) is 1.30. The van der Waals surface area contributed by atoms with Gasteiger partial charge in [0.2, 0.25) is 0 Å².